The van der Waals surface area contributed by atoms with Crippen LogP contribution in [0.4, 0.5) is 10.7 Å². The number of alkyl carbamates (subject to hydrolysis) is 1. The quantitative estimate of drug-likeness (QED) is 0.626. The summed E-state index contributed by atoms with van der Waals surface area (Å²) >= 11 is 0. The second-order valence-corrected chi connectivity index (χ2v) is 8.47. The van der Waals surface area contributed by atoms with E-state index in [0.717, 1.165) is 18.7 Å². The summed E-state index contributed by atoms with van der Waals surface area (Å²) in [6.45, 7) is 8.00. The van der Waals surface area contributed by atoms with Gasteiger partial charge in [-0.25, -0.2) is 14.6 Å². The number of benzene rings is 1. The van der Waals surface area contributed by atoms with Gasteiger partial charge in [-0.15, -0.1) is 0 Å². The number of hydrogen-bond donors (Lipinski definition) is 1. The molecule has 33 heavy (non-hydrogen) atoms. The summed E-state index contributed by atoms with van der Waals surface area (Å²) in [5, 5.41) is 2.57. The Labute approximate surface area is 193 Å². The number of nitrogens with zero attached hydrogens (tertiary/aromatic N) is 3. The Morgan fingerprint density at radius 2 is 1.85 bits per heavy atom. The van der Waals surface area contributed by atoms with Gasteiger partial charge < -0.3 is 29.2 Å². The van der Waals surface area contributed by atoms with E-state index in [0.29, 0.717) is 30.8 Å². The SMILES string of the molecule is COC(=O)[C@H](Cc1ccc(Oc2ccnc(N3CCOCC3)n2)cc1)NC(=O)OC(C)(C)C. The van der Waals surface area contributed by atoms with Gasteiger partial charge >= 0.3 is 12.1 Å². The molecule has 1 aliphatic rings. The van der Waals surface area contributed by atoms with Crippen molar-refractivity contribution in [3.8, 4) is 11.6 Å². The molecule has 10 heteroatoms. The summed E-state index contributed by atoms with van der Waals surface area (Å²) < 4.78 is 21.3. The van der Waals surface area contributed by atoms with Crippen LogP contribution in [0.1, 0.15) is 26.3 Å². The van der Waals surface area contributed by atoms with Crippen molar-refractivity contribution in [3.63, 3.8) is 0 Å². The van der Waals surface area contributed by atoms with Crippen LogP contribution in [0.3, 0.4) is 0 Å². The van der Waals surface area contributed by atoms with E-state index in [1.807, 2.05) is 17.0 Å². The minimum atomic E-state index is -0.880. The third kappa shape index (κ3) is 7.60. The van der Waals surface area contributed by atoms with E-state index in [4.69, 9.17) is 18.9 Å². The van der Waals surface area contributed by atoms with E-state index >= 15 is 0 Å². The third-order valence-corrected chi connectivity index (χ3v) is 4.67. The zero-order valence-electron chi connectivity index (χ0n) is 19.4. The number of nitrogens with one attached hydrogen (secondary N) is 1. The summed E-state index contributed by atoms with van der Waals surface area (Å²) in [6, 6.07) is 7.98. The molecule has 10 nitrogen and oxygen atoms in total. The van der Waals surface area contributed by atoms with Crippen molar-refractivity contribution in [2.75, 3.05) is 38.3 Å². The van der Waals surface area contributed by atoms with Gasteiger partial charge in [0.2, 0.25) is 11.8 Å². The smallest absolute Gasteiger partial charge is 0.408 e. The minimum absolute atomic E-state index is 0.237. The highest BCUT2D eigenvalue weighted by Gasteiger charge is 2.25. The average Bonchev–Trinajstić information content (AvgIpc) is 2.79. The number of aromatic nitrogens is 2. The van der Waals surface area contributed by atoms with Crippen LogP contribution in [0.15, 0.2) is 36.5 Å². The number of anilines is 1. The molecule has 1 N–H and O–H groups in total. The molecule has 0 aliphatic carbocycles. The highest BCUT2D eigenvalue weighted by atomic mass is 16.6. The highest BCUT2D eigenvalue weighted by molar-refractivity contribution is 5.81. The normalized spacial score (nSPS) is 14.8. The van der Waals surface area contributed by atoms with Gasteiger partial charge in [0.05, 0.1) is 20.3 Å². The van der Waals surface area contributed by atoms with Crippen molar-refractivity contribution in [2.24, 2.45) is 0 Å². The van der Waals surface area contributed by atoms with E-state index in [1.165, 1.54) is 7.11 Å². The van der Waals surface area contributed by atoms with Gasteiger partial charge in [0.15, 0.2) is 0 Å². The number of carbonyl (C=O) groups is 2. The van der Waals surface area contributed by atoms with E-state index in [2.05, 4.69) is 15.3 Å². The van der Waals surface area contributed by atoms with Crippen LogP contribution in [-0.2, 0) is 25.4 Å². The van der Waals surface area contributed by atoms with Crippen LogP contribution >= 0.6 is 0 Å². The van der Waals surface area contributed by atoms with Crippen LogP contribution in [0, 0.1) is 0 Å². The fourth-order valence-electron chi connectivity index (χ4n) is 3.14. The minimum Gasteiger partial charge on any atom is -0.467 e. The Kier molecular flexibility index (Phi) is 8.05. The van der Waals surface area contributed by atoms with Gasteiger partial charge in [-0.05, 0) is 38.5 Å². The zero-order valence-corrected chi connectivity index (χ0v) is 19.4. The molecule has 0 bridgehead atoms. The Bertz CT molecular complexity index is 939. The van der Waals surface area contributed by atoms with Crippen LogP contribution in [0.5, 0.6) is 11.6 Å². The summed E-state index contributed by atoms with van der Waals surface area (Å²) in [5.74, 6) is 1.05. The first-order valence-electron chi connectivity index (χ1n) is 10.7. The second kappa shape index (κ2) is 11.0. The lowest BCUT2D eigenvalue weighted by atomic mass is 10.1. The van der Waals surface area contributed by atoms with Gasteiger partial charge in [0.25, 0.3) is 0 Å². The molecule has 0 saturated carbocycles. The van der Waals surface area contributed by atoms with E-state index in [-0.39, 0.29) is 6.42 Å². The Morgan fingerprint density at radius 3 is 2.48 bits per heavy atom. The first-order chi connectivity index (χ1) is 15.7. The summed E-state index contributed by atoms with van der Waals surface area (Å²) in [7, 11) is 1.27. The van der Waals surface area contributed by atoms with Crippen molar-refractivity contribution in [3.05, 3.63) is 42.1 Å². The predicted molar refractivity (Wildman–Crippen MR) is 120 cm³/mol. The number of hydrogen-bond acceptors (Lipinski definition) is 9. The van der Waals surface area contributed by atoms with E-state index < -0.39 is 23.7 Å². The van der Waals surface area contributed by atoms with Gasteiger partial charge in [-0.2, -0.15) is 4.98 Å². The van der Waals surface area contributed by atoms with Crippen molar-refractivity contribution >= 4 is 18.0 Å². The first-order valence-corrected chi connectivity index (χ1v) is 10.7. The Morgan fingerprint density at radius 1 is 1.15 bits per heavy atom. The summed E-state index contributed by atoms with van der Waals surface area (Å²) in [5.41, 5.74) is 0.136. The molecule has 0 unspecified atom stereocenters. The second-order valence-electron chi connectivity index (χ2n) is 8.47. The molecule has 2 heterocycles. The first kappa shape index (κ1) is 24.2. The molecule has 1 fully saturated rings. The number of amides is 1. The molecule has 2 aromatic rings. The standard InChI is InChI=1S/C23H30N4O6/c1-23(2,3)33-22(29)25-18(20(28)30-4)15-16-5-7-17(8-6-16)32-19-9-10-24-21(26-19)27-11-13-31-14-12-27/h5-10,18H,11-15H2,1-4H3,(H,25,29)/t18-/m0/s1. The predicted octanol–water partition coefficient (Wildman–Crippen LogP) is 2.71. The summed E-state index contributed by atoms with van der Waals surface area (Å²) in [6.07, 6.45) is 1.21. The van der Waals surface area contributed by atoms with Crippen LogP contribution in [0.2, 0.25) is 0 Å². The fraction of sp³-hybridized carbons (Fsp3) is 0.478. The molecule has 0 radical (unpaired) electrons. The molecular weight excluding hydrogens is 428 g/mol. The molecule has 1 saturated heterocycles. The zero-order chi connectivity index (χ0) is 23.8. The Balaban J connectivity index is 1.62. The maximum absolute atomic E-state index is 12.1. The number of esters is 1. The number of ether oxygens (including phenoxy) is 4. The Hall–Kier alpha value is -3.40. The highest BCUT2D eigenvalue weighted by Crippen LogP contribution is 2.22. The van der Waals surface area contributed by atoms with Gasteiger partial charge in [0.1, 0.15) is 17.4 Å². The maximum Gasteiger partial charge on any atom is 0.408 e. The molecular formula is C23H30N4O6. The molecule has 0 spiro atoms. The maximum atomic E-state index is 12.1. The fourth-order valence-corrected chi connectivity index (χ4v) is 3.14. The monoisotopic (exact) mass is 458 g/mol. The molecule has 1 aromatic carbocycles. The number of morpholine rings is 1. The van der Waals surface area contributed by atoms with Crippen molar-refractivity contribution < 1.29 is 28.5 Å². The molecule has 178 valence electrons. The molecule has 1 aromatic heterocycles. The topological polar surface area (TPSA) is 112 Å². The molecule has 1 aliphatic heterocycles. The number of carbonyl (C=O) groups excluding carboxylic acids is 2. The largest absolute Gasteiger partial charge is 0.467 e. The average molecular weight is 459 g/mol. The molecule has 1 amide bonds. The lowest BCUT2D eigenvalue weighted by Gasteiger charge is -2.26. The van der Waals surface area contributed by atoms with Gasteiger partial charge in [-0.3, -0.25) is 0 Å². The van der Waals surface area contributed by atoms with Gasteiger partial charge in [-0.1, -0.05) is 12.1 Å². The summed E-state index contributed by atoms with van der Waals surface area (Å²) in [4.78, 5) is 35.1. The van der Waals surface area contributed by atoms with Crippen LogP contribution in [0.25, 0.3) is 0 Å². The molecule has 1 atom stereocenters. The van der Waals surface area contributed by atoms with Crippen LogP contribution < -0.4 is 15.0 Å². The van der Waals surface area contributed by atoms with E-state index in [9.17, 15) is 9.59 Å². The van der Waals surface area contributed by atoms with Gasteiger partial charge in [0, 0.05) is 31.8 Å². The molecule has 3 rings (SSSR count). The number of rotatable bonds is 7. The van der Waals surface area contributed by atoms with Crippen LogP contribution in [-0.4, -0.2) is 67.1 Å². The van der Waals surface area contributed by atoms with E-state index in [1.54, 1.807) is 45.2 Å². The van der Waals surface area contributed by atoms with Crippen molar-refractivity contribution in [1.82, 2.24) is 15.3 Å². The third-order valence-electron chi connectivity index (χ3n) is 4.67. The lowest BCUT2D eigenvalue weighted by molar-refractivity contribution is -0.143. The van der Waals surface area contributed by atoms with Crippen molar-refractivity contribution in [2.45, 2.75) is 38.8 Å². The lowest BCUT2D eigenvalue weighted by Crippen LogP contribution is -2.45. The van der Waals surface area contributed by atoms with Crippen molar-refractivity contribution in [1.29, 1.82) is 0 Å². The number of methoxy groups -OCH3 is 1.